The predicted molar refractivity (Wildman–Crippen MR) is 96.7 cm³/mol. The summed E-state index contributed by atoms with van der Waals surface area (Å²) in [4.78, 5) is 36.4. The van der Waals surface area contributed by atoms with Crippen molar-refractivity contribution in [1.29, 1.82) is 0 Å². The molecule has 2 aromatic rings. The monoisotopic (exact) mass is 432 g/mol. The van der Waals surface area contributed by atoms with Crippen molar-refractivity contribution < 1.29 is 27.8 Å². The summed E-state index contributed by atoms with van der Waals surface area (Å²) >= 11 is 5.95. The molecule has 0 amide bonds. The lowest BCUT2D eigenvalue weighted by Gasteiger charge is -2.37. The normalized spacial score (nSPS) is 15.7. The van der Waals surface area contributed by atoms with E-state index in [0.29, 0.717) is 28.5 Å². The number of benzene rings is 1. The average Bonchev–Trinajstić information content (AvgIpc) is 2.56. The van der Waals surface area contributed by atoms with Crippen molar-refractivity contribution >= 4 is 17.6 Å². The molecule has 7 nitrogen and oxygen atoms in total. The number of ether oxygens (including phenoxy) is 1. The molecule has 11 heteroatoms. The van der Waals surface area contributed by atoms with E-state index >= 15 is 0 Å². The Morgan fingerprint density at radius 2 is 1.90 bits per heavy atom. The van der Waals surface area contributed by atoms with Crippen molar-refractivity contribution in [3.8, 4) is 11.4 Å². The number of rotatable bonds is 5. The van der Waals surface area contributed by atoms with Gasteiger partial charge in [0.05, 0.1) is 16.4 Å². The number of aromatic nitrogens is 2. The van der Waals surface area contributed by atoms with Crippen LogP contribution < -0.4 is 16.0 Å². The Bertz CT molecular complexity index is 1120. The van der Waals surface area contributed by atoms with Gasteiger partial charge in [-0.25, -0.2) is 27.3 Å². The van der Waals surface area contributed by atoms with Crippen LogP contribution in [0.1, 0.15) is 31.9 Å². The van der Waals surface area contributed by atoms with Gasteiger partial charge in [-0.05, 0) is 25.3 Å². The van der Waals surface area contributed by atoms with Crippen LogP contribution in [0.4, 0.5) is 13.2 Å². The Morgan fingerprint density at radius 1 is 1.28 bits per heavy atom. The summed E-state index contributed by atoms with van der Waals surface area (Å²) in [5, 5.41) is 9.12. The summed E-state index contributed by atoms with van der Waals surface area (Å²) in [5.41, 5.74) is -5.37. The minimum absolute atomic E-state index is 0.202. The summed E-state index contributed by atoms with van der Waals surface area (Å²) in [7, 11) is 1.02. The minimum atomic E-state index is -3.48. The van der Waals surface area contributed by atoms with Gasteiger partial charge in [0.15, 0.2) is 0 Å². The van der Waals surface area contributed by atoms with E-state index in [2.05, 4.69) is 0 Å². The highest BCUT2D eigenvalue weighted by molar-refractivity contribution is 6.32. The molecule has 1 fully saturated rings. The second-order valence-corrected chi connectivity index (χ2v) is 7.33. The summed E-state index contributed by atoms with van der Waals surface area (Å²) in [6.45, 7) is 0.518. The first-order valence-electron chi connectivity index (χ1n) is 8.50. The number of carboxylic acids is 1. The molecule has 1 aliphatic rings. The van der Waals surface area contributed by atoms with Crippen molar-refractivity contribution in [2.75, 3.05) is 0 Å². The Morgan fingerprint density at radius 3 is 2.38 bits per heavy atom. The highest BCUT2D eigenvalue weighted by Gasteiger charge is 2.47. The zero-order valence-corrected chi connectivity index (χ0v) is 16.1. The molecule has 0 bridgehead atoms. The number of carboxylic acid groups (broad SMARTS) is 1. The predicted octanol–water partition coefficient (Wildman–Crippen LogP) is 2.83. The standard InChI is InChI=1S/C18H16ClF3N2O5/c1-17(21,22)13-8-14(25)24(16(28)23(13)2)11-7-12(9(19)6-10(11)20)29-18(15(26)27)4-3-5-18/h6-8H,3-5H2,1-2H3,(H,26,27). The summed E-state index contributed by atoms with van der Waals surface area (Å²) in [6.07, 6.45) is 1.01. The number of carbonyl (C=O) groups is 1. The molecular weight excluding hydrogens is 417 g/mol. The number of aliphatic carboxylic acids is 1. The van der Waals surface area contributed by atoms with Gasteiger partial charge < -0.3 is 9.84 Å². The average molecular weight is 433 g/mol. The third kappa shape index (κ3) is 3.52. The lowest BCUT2D eigenvalue weighted by atomic mass is 9.80. The van der Waals surface area contributed by atoms with Crippen LogP contribution in [0.3, 0.4) is 0 Å². The second-order valence-electron chi connectivity index (χ2n) is 6.92. The SMILES string of the molecule is Cn1c(C(C)(F)F)cc(=O)n(-c2cc(OC3(C(=O)O)CCC3)c(Cl)cc2F)c1=O. The van der Waals surface area contributed by atoms with Crippen LogP contribution in [0, 0.1) is 5.82 Å². The summed E-state index contributed by atoms with van der Waals surface area (Å²) < 4.78 is 48.2. The maximum atomic E-state index is 14.5. The van der Waals surface area contributed by atoms with Crippen LogP contribution in [-0.4, -0.2) is 25.8 Å². The molecule has 0 spiro atoms. The van der Waals surface area contributed by atoms with E-state index in [0.717, 1.165) is 19.2 Å². The molecule has 1 saturated carbocycles. The largest absolute Gasteiger partial charge is 0.478 e. The molecule has 0 aliphatic heterocycles. The Labute approximate surface area is 166 Å². The molecular formula is C18H16ClF3N2O5. The Kier molecular flexibility index (Phi) is 5.02. The van der Waals surface area contributed by atoms with E-state index in [-0.39, 0.29) is 23.6 Å². The molecule has 1 heterocycles. The summed E-state index contributed by atoms with van der Waals surface area (Å²) in [5.74, 6) is -6.04. The second kappa shape index (κ2) is 6.94. The zero-order valence-electron chi connectivity index (χ0n) is 15.3. The molecule has 1 N–H and O–H groups in total. The number of hydrogen-bond donors (Lipinski definition) is 1. The number of nitrogens with zero attached hydrogens (tertiary/aromatic N) is 2. The minimum Gasteiger partial charge on any atom is -0.478 e. The van der Waals surface area contributed by atoms with Crippen molar-refractivity contribution in [2.45, 2.75) is 37.7 Å². The van der Waals surface area contributed by atoms with E-state index in [1.807, 2.05) is 0 Å². The molecule has 0 saturated heterocycles. The topological polar surface area (TPSA) is 90.5 Å². The van der Waals surface area contributed by atoms with Gasteiger partial charge in [0.1, 0.15) is 11.6 Å². The quantitative estimate of drug-likeness (QED) is 0.784. The van der Waals surface area contributed by atoms with Gasteiger partial charge in [-0.2, -0.15) is 0 Å². The van der Waals surface area contributed by atoms with E-state index < -0.39 is 45.9 Å². The van der Waals surface area contributed by atoms with Crippen molar-refractivity contribution in [1.82, 2.24) is 9.13 Å². The van der Waals surface area contributed by atoms with Gasteiger partial charge in [-0.3, -0.25) is 9.36 Å². The molecule has 3 rings (SSSR count). The van der Waals surface area contributed by atoms with E-state index in [1.54, 1.807) is 0 Å². The fraction of sp³-hybridized carbons (Fsp3) is 0.389. The van der Waals surface area contributed by atoms with Crippen LogP contribution in [-0.2, 0) is 17.8 Å². The van der Waals surface area contributed by atoms with Gasteiger partial charge in [-0.1, -0.05) is 11.6 Å². The molecule has 29 heavy (non-hydrogen) atoms. The first-order chi connectivity index (χ1) is 13.4. The molecule has 0 radical (unpaired) electrons. The van der Waals surface area contributed by atoms with Crippen LogP contribution in [0.2, 0.25) is 5.02 Å². The molecule has 156 valence electrons. The third-order valence-corrected chi connectivity index (χ3v) is 5.16. The van der Waals surface area contributed by atoms with Crippen molar-refractivity contribution in [3.05, 3.63) is 55.6 Å². The van der Waals surface area contributed by atoms with Crippen LogP contribution in [0.15, 0.2) is 27.8 Å². The molecule has 1 aliphatic carbocycles. The molecule has 0 atom stereocenters. The smallest absolute Gasteiger partial charge is 0.348 e. The van der Waals surface area contributed by atoms with Crippen LogP contribution in [0.5, 0.6) is 5.75 Å². The maximum absolute atomic E-state index is 14.5. The van der Waals surface area contributed by atoms with Gasteiger partial charge in [0.25, 0.3) is 11.5 Å². The van der Waals surface area contributed by atoms with E-state index in [1.165, 1.54) is 0 Å². The Hall–Kier alpha value is -2.75. The molecule has 1 aromatic carbocycles. The van der Waals surface area contributed by atoms with Crippen molar-refractivity contribution in [3.63, 3.8) is 0 Å². The fourth-order valence-corrected chi connectivity index (χ4v) is 3.29. The maximum Gasteiger partial charge on any atom is 0.348 e. The Balaban J connectivity index is 2.18. The van der Waals surface area contributed by atoms with E-state index in [4.69, 9.17) is 16.3 Å². The molecule has 0 unspecified atom stereocenters. The molecule has 1 aromatic heterocycles. The lowest BCUT2D eigenvalue weighted by molar-refractivity contribution is -0.163. The van der Waals surface area contributed by atoms with Crippen molar-refractivity contribution in [2.24, 2.45) is 7.05 Å². The first-order valence-corrected chi connectivity index (χ1v) is 8.88. The first kappa shape index (κ1) is 21.0. The number of hydrogen-bond acceptors (Lipinski definition) is 4. The van der Waals surface area contributed by atoms with Gasteiger partial charge in [0.2, 0.25) is 5.60 Å². The van der Waals surface area contributed by atoms with E-state index in [9.17, 15) is 32.7 Å². The highest BCUT2D eigenvalue weighted by atomic mass is 35.5. The third-order valence-electron chi connectivity index (χ3n) is 4.87. The lowest BCUT2D eigenvalue weighted by Crippen LogP contribution is -2.50. The number of alkyl halides is 2. The fourth-order valence-electron chi connectivity index (χ4n) is 3.10. The van der Waals surface area contributed by atoms with Crippen LogP contribution in [0.25, 0.3) is 5.69 Å². The van der Waals surface area contributed by atoms with Crippen LogP contribution >= 0.6 is 11.6 Å². The van der Waals surface area contributed by atoms with Gasteiger partial charge >= 0.3 is 11.7 Å². The number of halogens is 4. The van der Waals surface area contributed by atoms with Gasteiger partial charge in [-0.15, -0.1) is 0 Å². The van der Waals surface area contributed by atoms with Gasteiger partial charge in [0, 0.05) is 26.1 Å². The highest BCUT2D eigenvalue weighted by Crippen LogP contribution is 2.40. The zero-order chi connectivity index (χ0) is 21.7. The summed E-state index contributed by atoms with van der Waals surface area (Å²) in [6, 6.07) is 2.20.